The van der Waals surface area contributed by atoms with E-state index >= 15 is 0 Å². The number of nitrogens with one attached hydrogen (secondary N) is 2. The van der Waals surface area contributed by atoms with Crippen molar-refractivity contribution in [2.45, 2.75) is 12.5 Å². The second-order valence-corrected chi connectivity index (χ2v) is 5.10. The van der Waals surface area contributed by atoms with Gasteiger partial charge in [0.1, 0.15) is 0 Å². The van der Waals surface area contributed by atoms with Crippen molar-refractivity contribution in [3.63, 3.8) is 0 Å². The van der Waals surface area contributed by atoms with Crippen LogP contribution in [0.25, 0.3) is 0 Å². The molecule has 2 amide bonds. The molecule has 0 aromatic heterocycles. The number of rotatable bonds is 3. The lowest BCUT2D eigenvalue weighted by molar-refractivity contribution is 0.238. The van der Waals surface area contributed by atoms with Gasteiger partial charge in [-0.25, -0.2) is 4.79 Å². The molecule has 1 aromatic rings. The Hall–Kier alpha value is -1.33. The van der Waals surface area contributed by atoms with E-state index in [2.05, 4.69) is 26.6 Å². The Labute approximate surface area is 114 Å². The zero-order valence-corrected chi connectivity index (χ0v) is 11.4. The topological polar surface area (TPSA) is 61.4 Å². The predicted molar refractivity (Wildman–Crippen MR) is 74.4 cm³/mol. The minimum absolute atomic E-state index is 0.00959. The molecule has 0 fully saturated rings. The van der Waals surface area contributed by atoms with E-state index in [0.29, 0.717) is 0 Å². The highest BCUT2D eigenvalue weighted by Crippen LogP contribution is 2.21. The Bertz CT molecular complexity index is 462. The van der Waals surface area contributed by atoms with Crippen LogP contribution in [0.1, 0.15) is 6.42 Å². The minimum atomic E-state index is -0.241. The van der Waals surface area contributed by atoms with Crippen LogP contribution < -0.4 is 10.6 Å². The molecule has 5 heteroatoms. The predicted octanol–water partition coefficient (Wildman–Crippen LogP) is 2.51. The molecule has 0 aliphatic heterocycles. The van der Waals surface area contributed by atoms with Gasteiger partial charge in [0.2, 0.25) is 0 Å². The highest BCUT2D eigenvalue weighted by Gasteiger charge is 2.19. The summed E-state index contributed by atoms with van der Waals surface area (Å²) < 4.78 is 0.843. The fourth-order valence-corrected chi connectivity index (χ4v) is 2.29. The maximum Gasteiger partial charge on any atom is 0.319 e. The van der Waals surface area contributed by atoms with E-state index in [1.165, 1.54) is 0 Å². The molecule has 96 valence electrons. The molecule has 1 aromatic carbocycles. The molecular formula is C13H15BrN2O2. The van der Waals surface area contributed by atoms with Gasteiger partial charge in [-0.3, -0.25) is 0 Å². The Morgan fingerprint density at radius 3 is 2.83 bits per heavy atom. The Morgan fingerprint density at radius 2 is 2.17 bits per heavy atom. The summed E-state index contributed by atoms with van der Waals surface area (Å²) in [6, 6.07) is 7.19. The molecule has 0 bridgehead atoms. The lowest BCUT2D eigenvalue weighted by atomic mass is 10.1. The first-order valence-electron chi connectivity index (χ1n) is 5.80. The largest absolute Gasteiger partial charge is 0.396 e. The number of halogens is 1. The average Bonchev–Trinajstić information content (AvgIpc) is 2.80. The van der Waals surface area contributed by atoms with Gasteiger partial charge in [-0.1, -0.05) is 24.3 Å². The van der Waals surface area contributed by atoms with E-state index in [0.717, 1.165) is 16.6 Å². The summed E-state index contributed by atoms with van der Waals surface area (Å²) in [4.78, 5) is 11.8. The Morgan fingerprint density at radius 1 is 1.39 bits per heavy atom. The number of urea groups is 1. The SMILES string of the molecule is O=C(Nc1ccccc1Br)N[C@@H]1C=C[C@H](CO)C1. The molecule has 4 nitrogen and oxygen atoms in total. The van der Waals surface area contributed by atoms with Crippen molar-refractivity contribution < 1.29 is 9.90 Å². The highest BCUT2D eigenvalue weighted by molar-refractivity contribution is 9.10. The number of carbonyl (C=O) groups is 1. The van der Waals surface area contributed by atoms with Crippen LogP contribution >= 0.6 is 15.9 Å². The number of hydrogen-bond donors (Lipinski definition) is 3. The van der Waals surface area contributed by atoms with Gasteiger partial charge >= 0.3 is 6.03 Å². The quantitative estimate of drug-likeness (QED) is 0.751. The number of anilines is 1. The van der Waals surface area contributed by atoms with E-state index < -0.39 is 0 Å². The van der Waals surface area contributed by atoms with Crippen LogP contribution in [0.15, 0.2) is 40.9 Å². The third-order valence-electron chi connectivity index (χ3n) is 2.85. The molecule has 2 atom stereocenters. The van der Waals surface area contributed by atoms with Crippen LogP contribution in [-0.2, 0) is 0 Å². The second kappa shape index (κ2) is 6.02. The first-order chi connectivity index (χ1) is 8.69. The standard InChI is InChI=1S/C13H15BrN2O2/c14-11-3-1-2-4-12(11)16-13(18)15-10-6-5-9(7-10)8-17/h1-6,9-10,17H,7-8H2,(H2,15,16,18)/t9-,10+/m0/s1. The fraction of sp³-hybridized carbons (Fsp3) is 0.308. The van der Waals surface area contributed by atoms with Gasteiger partial charge in [-0.15, -0.1) is 0 Å². The first kappa shape index (κ1) is 13.1. The molecule has 0 saturated heterocycles. The van der Waals surface area contributed by atoms with Crippen LogP contribution in [0.3, 0.4) is 0 Å². The lowest BCUT2D eigenvalue weighted by Gasteiger charge is -2.14. The van der Waals surface area contributed by atoms with Crippen LogP contribution in [0.5, 0.6) is 0 Å². The van der Waals surface area contributed by atoms with Crippen molar-refractivity contribution in [2.24, 2.45) is 5.92 Å². The van der Waals surface area contributed by atoms with Crippen LogP contribution in [0, 0.1) is 5.92 Å². The zero-order chi connectivity index (χ0) is 13.0. The second-order valence-electron chi connectivity index (χ2n) is 4.25. The van der Waals surface area contributed by atoms with Gasteiger partial charge < -0.3 is 15.7 Å². The minimum Gasteiger partial charge on any atom is -0.396 e. The number of benzene rings is 1. The number of aliphatic hydroxyl groups excluding tert-OH is 1. The third kappa shape index (κ3) is 3.34. The van der Waals surface area contributed by atoms with E-state index in [9.17, 15) is 4.79 Å². The number of para-hydroxylation sites is 1. The molecule has 0 saturated carbocycles. The molecule has 0 spiro atoms. The maximum absolute atomic E-state index is 11.8. The van der Waals surface area contributed by atoms with Gasteiger partial charge in [0, 0.05) is 23.0 Å². The van der Waals surface area contributed by atoms with E-state index in [4.69, 9.17) is 5.11 Å². The van der Waals surface area contributed by atoms with Crippen molar-refractivity contribution in [1.82, 2.24) is 5.32 Å². The van der Waals surface area contributed by atoms with Gasteiger partial charge in [-0.2, -0.15) is 0 Å². The van der Waals surface area contributed by atoms with Gasteiger partial charge in [0.05, 0.1) is 5.69 Å². The van der Waals surface area contributed by atoms with E-state index in [1.807, 2.05) is 36.4 Å². The average molecular weight is 311 g/mol. The smallest absolute Gasteiger partial charge is 0.319 e. The van der Waals surface area contributed by atoms with Crippen molar-refractivity contribution in [3.05, 3.63) is 40.9 Å². The van der Waals surface area contributed by atoms with Crippen LogP contribution in [0.4, 0.5) is 10.5 Å². The highest BCUT2D eigenvalue weighted by atomic mass is 79.9. The molecular weight excluding hydrogens is 296 g/mol. The number of carbonyl (C=O) groups excluding carboxylic acids is 1. The molecule has 2 rings (SSSR count). The summed E-state index contributed by atoms with van der Waals surface area (Å²) in [7, 11) is 0. The first-order valence-corrected chi connectivity index (χ1v) is 6.59. The van der Waals surface area contributed by atoms with E-state index in [1.54, 1.807) is 0 Å². The normalized spacial score (nSPS) is 21.9. The number of aliphatic hydroxyl groups is 1. The monoisotopic (exact) mass is 310 g/mol. The summed E-state index contributed by atoms with van der Waals surface area (Å²) in [6.07, 6.45) is 4.60. The summed E-state index contributed by atoms with van der Waals surface area (Å²) in [5.41, 5.74) is 0.732. The Balaban J connectivity index is 1.87. The molecule has 1 aliphatic carbocycles. The van der Waals surface area contributed by atoms with Crippen molar-refractivity contribution in [1.29, 1.82) is 0 Å². The molecule has 1 aliphatic rings. The van der Waals surface area contributed by atoms with Crippen molar-refractivity contribution >= 4 is 27.6 Å². The third-order valence-corrected chi connectivity index (χ3v) is 3.54. The maximum atomic E-state index is 11.8. The number of amides is 2. The van der Waals surface area contributed by atoms with Gasteiger partial charge in [-0.05, 0) is 34.5 Å². The van der Waals surface area contributed by atoms with Crippen molar-refractivity contribution in [2.75, 3.05) is 11.9 Å². The summed E-state index contributed by atoms with van der Waals surface area (Å²) in [5.74, 6) is 0.152. The van der Waals surface area contributed by atoms with Crippen molar-refractivity contribution in [3.8, 4) is 0 Å². The molecule has 0 heterocycles. The van der Waals surface area contributed by atoms with E-state index in [-0.39, 0.29) is 24.6 Å². The zero-order valence-electron chi connectivity index (χ0n) is 9.77. The summed E-state index contributed by atoms with van der Waals surface area (Å²) >= 11 is 3.37. The Kier molecular flexibility index (Phi) is 4.38. The van der Waals surface area contributed by atoms with Gasteiger partial charge in [0.15, 0.2) is 0 Å². The molecule has 0 radical (unpaired) electrons. The molecule has 0 unspecified atom stereocenters. The van der Waals surface area contributed by atoms with Crippen LogP contribution in [-0.4, -0.2) is 23.8 Å². The summed E-state index contributed by atoms with van der Waals surface area (Å²) in [5, 5.41) is 14.6. The van der Waals surface area contributed by atoms with Crippen LogP contribution in [0.2, 0.25) is 0 Å². The molecule has 18 heavy (non-hydrogen) atoms. The fourth-order valence-electron chi connectivity index (χ4n) is 1.91. The molecule has 3 N–H and O–H groups in total. The summed E-state index contributed by atoms with van der Waals surface area (Å²) in [6.45, 7) is 0.126. The van der Waals surface area contributed by atoms with Gasteiger partial charge in [0.25, 0.3) is 0 Å². The lowest BCUT2D eigenvalue weighted by Crippen LogP contribution is -2.36. The number of hydrogen-bond acceptors (Lipinski definition) is 2.